The fraction of sp³-hybridized carbons (Fsp3) is 0.900. The van der Waals surface area contributed by atoms with E-state index in [1.54, 1.807) is 0 Å². The Morgan fingerprint density at radius 2 is 2.14 bits per heavy atom. The van der Waals surface area contributed by atoms with E-state index < -0.39 is 6.04 Å². The van der Waals surface area contributed by atoms with Crippen LogP contribution in [0.1, 0.15) is 32.6 Å². The lowest BCUT2D eigenvalue weighted by Gasteiger charge is -2.23. The fourth-order valence-corrected chi connectivity index (χ4v) is 3.07. The summed E-state index contributed by atoms with van der Waals surface area (Å²) in [5.41, 5.74) is 5.67. The van der Waals surface area contributed by atoms with Gasteiger partial charge in [-0.25, -0.2) is 0 Å². The van der Waals surface area contributed by atoms with Crippen LogP contribution in [-0.2, 0) is 9.53 Å². The number of thioether (sulfide) groups is 1. The summed E-state index contributed by atoms with van der Waals surface area (Å²) in [6.07, 6.45) is 5.09. The fourth-order valence-electron chi connectivity index (χ4n) is 1.78. The number of ether oxygens (including phenoxy) is 1. The summed E-state index contributed by atoms with van der Waals surface area (Å²) < 4.78 is 4.92. The average Bonchev–Trinajstić information content (AvgIpc) is 2.61. The zero-order valence-corrected chi connectivity index (χ0v) is 9.73. The molecule has 1 fully saturated rings. The first-order valence-corrected chi connectivity index (χ1v) is 6.03. The molecule has 1 aliphatic carbocycles. The standard InChI is InChI=1S/C10H19NO2S/c1-10(5-3-4-6-10)14-7-8(11)9(12)13-2/h8H,3-7,11H2,1-2H3/t8-/m0/s1. The summed E-state index contributed by atoms with van der Waals surface area (Å²) in [5, 5.41) is 0. The van der Waals surface area contributed by atoms with Gasteiger partial charge in [0.15, 0.2) is 0 Å². The van der Waals surface area contributed by atoms with Crippen LogP contribution in [0.5, 0.6) is 0 Å². The molecule has 0 aromatic rings. The van der Waals surface area contributed by atoms with Crippen molar-refractivity contribution >= 4 is 17.7 Å². The van der Waals surface area contributed by atoms with Gasteiger partial charge in [-0.1, -0.05) is 19.8 Å². The summed E-state index contributed by atoms with van der Waals surface area (Å²) in [7, 11) is 1.38. The third-order valence-electron chi connectivity index (χ3n) is 2.78. The zero-order valence-electron chi connectivity index (χ0n) is 8.91. The van der Waals surface area contributed by atoms with Crippen LogP contribution in [0.3, 0.4) is 0 Å². The van der Waals surface area contributed by atoms with Gasteiger partial charge in [-0.2, -0.15) is 11.8 Å². The highest BCUT2D eigenvalue weighted by molar-refractivity contribution is 8.00. The lowest BCUT2D eigenvalue weighted by molar-refractivity contribution is -0.141. The minimum Gasteiger partial charge on any atom is -0.468 e. The van der Waals surface area contributed by atoms with E-state index in [4.69, 9.17) is 5.73 Å². The van der Waals surface area contributed by atoms with Crippen molar-refractivity contribution < 1.29 is 9.53 Å². The zero-order chi connectivity index (χ0) is 10.6. The van der Waals surface area contributed by atoms with Gasteiger partial charge in [-0.05, 0) is 12.8 Å². The van der Waals surface area contributed by atoms with E-state index in [2.05, 4.69) is 11.7 Å². The van der Waals surface area contributed by atoms with Crippen molar-refractivity contribution in [1.82, 2.24) is 0 Å². The second-order valence-electron chi connectivity index (χ2n) is 4.10. The lowest BCUT2D eigenvalue weighted by atomic mass is 10.1. The molecule has 0 heterocycles. The Labute approximate surface area is 89.8 Å². The predicted octanol–water partition coefficient (Wildman–Crippen LogP) is 1.55. The SMILES string of the molecule is COC(=O)[C@@H](N)CSC1(C)CCCC1. The molecule has 0 aromatic heterocycles. The smallest absolute Gasteiger partial charge is 0.323 e. The maximum absolute atomic E-state index is 11.1. The molecule has 0 unspecified atom stereocenters. The Kier molecular flexibility index (Phi) is 4.26. The molecule has 0 saturated heterocycles. The van der Waals surface area contributed by atoms with Gasteiger partial charge >= 0.3 is 5.97 Å². The Balaban J connectivity index is 2.28. The molecule has 0 aliphatic heterocycles. The average molecular weight is 217 g/mol. The molecule has 0 spiro atoms. The molecule has 1 rings (SSSR count). The van der Waals surface area contributed by atoms with Crippen molar-refractivity contribution in [3.8, 4) is 0 Å². The molecule has 2 N–H and O–H groups in total. The van der Waals surface area contributed by atoms with Gasteiger partial charge in [0.1, 0.15) is 6.04 Å². The second-order valence-corrected chi connectivity index (χ2v) is 5.71. The number of esters is 1. The van der Waals surface area contributed by atoms with Crippen LogP contribution >= 0.6 is 11.8 Å². The van der Waals surface area contributed by atoms with E-state index in [0.717, 1.165) is 0 Å². The Bertz CT molecular complexity index is 202. The molecular formula is C10H19NO2S. The number of hydrogen-bond acceptors (Lipinski definition) is 4. The van der Waals surface area contributed by atoms with Crippen molar-refractivity contribution in [1.29, 1.82) is 0 Å². The first kappa shape index (κ1) is 11.9. The van der Waals surface area contributed by atoms with E-state index in [1.807, 2.05) is 11.8 Å². The molecule has 0 bridgehead atoms. The minimum absolute atomic E-state index is 0.306. The van der Waals surface area contributed by atoms with Crippen molar-refractivity contribution in [3.05, 3.63) is 0 Å². The van der Waals surface area contributed by atoms with Gasteiger partial charge in [-0.3, -0.25) is 4.79 Å². The number of carbonyl (C=O) groups excluding carboxylic acids is 1. The topological polar surface area (TPSA) is 52.3 Å². The van der Waals surface area contributed by atoms with Crippen molar-refractivity contribution in [2.45, 2.75) is 43.4 Å². The number of hydrogen-bond donors (Lipinski definition) is 1. The first-order valence-electron chi connectivity index (χ1n) is 5.05. The molecule has 4 heteroatoms. The van der Waals surface area contributed by atoms with Crippen molar-refractivity contribution in [2.24, 2.45) is 5.73 Å². The molecule has 3 nitrogen and oxygen atoms in total. The van der Waals surface area contributed by atoms with Crippen LogP contribution in [0, 0.1) is 0 Å². The third-order valence-corrected chi connectivity index (χ3v) is 4.41. The second kappa shape index (κ2) is 5.03. The highest BCUT2D eigenvalue weighted by Crippen LogP contribution is 2.41. The highest BCUT2D eigenvalue weighted by Gasteiger charge is 2.30. The predicted molar refractivity (Wildman–Crippen MR) is 59.3 cm³/mol. The van der Waals surface area contributed by atoms with E-state index in [9.17, 15) is 4.79 Å². The molecule has 82 valence electrons. The molecule has 1 atom stereocenters. The van der Waals surface area contributed by atoms with E-state index in [-0.39, 0.29) is 5.97 Å². The summed E-state index contributed by atoms with van der Waals surface area (Å²) in [6.45, 7) is 2.26. The van der Waals surface area contributed by atoms with Crippen LogP contribution in [0.25, 0.3) is 0 Å². The van der Waals surface area contributed by atoms with Crippen LogP contribution in [-0.4, -0.2) is 29.6 Å². The monoisotopic (exact) mass is 217 g/mol. The molecule has 0 aromatic carbocycles. The van der Waals surface area contributed by atoms with Crippen LogP contribution in [0.2, 0.25) is 0 Å². The van der Waals surface area contributed by atoms with E-state index in [0.29, 0.717) is 10.5 Å². The first-order chi connectivity index (χ1) is 6.57. The van der Waals surface area contributed by atoms with Gasteiger partial charge in [-0.15, -0.1) is 0 Å². The molecular weight excluding hydrogens is 198 g/mol. The van der Waals surface area contributed by atoms with Gasteiger partial charge in [0.05, 0.1) is 7.11 Å². The Morgan fingerprint density at radius 3 is 2.64 bits per heavy atom. The van der Waals surface area contributed by atoms with E-state index >= 15 is 0 Å². The van der Waals surface area contributed by atoms with Crippen molar-refractivity contribution in [3.63, 3.8) is 0 Å². The Morgan fingerprint density at radius 1 is 1.57 bits per heavy atom. The van der Waals surface area contributed by atoms with Gasteiger partial charge in [0.25, 0.3) is 0 Å². The molecule has 0 radical (unpaired) electrons. The number of nitrogens with two attached hydrogens (primary N) is 1. The molecule has 14 heavy (non-hydrogen) atoms. The van der Waals surface area contributed by atoms with Crippen molar-refractivity contribution in [2.75, 3.05) is 12.9 Å². The Hall–Kier alpha value is -0.220. The summed E-state index contributed by atoms with van der Waals surface area (Å²) in [4.78, 5) is 11.1. The normalized spacial score (nSPS) is 21.9. The molecule has 1 aliphatic rings. The highest BCUT2D eigenvalue weighted by atomic mass is 32.2. The maximum atomic E-state index is 11.1. The summed E-state index contributed by atoms with van der Waals surface area (Å²) >= 11 is 1.81. The summed E-state index contributed by atoms with van der Waals surface area (Å²) in [5.74, 6) is 0.363. The van der Waals surface area contributed by atoms with Crippen LogP contribution in [0.4, 0.5) is 0 Å². The van der Waals surface area contributed by atoms with Gasteiger partial charge < -0.3 is 10.5 Å². The van der Waals surface area contributed by atoms with Gasteiger partial charge in [0, 0.05) is 10.5 Å². The van der Waals surface area contributed by atoms with Crippen LogP contribution in [0.15, 0.2) is 0 Å². The lowest BCUT2D eigenvalue weighted by Crippen LogP contribution is -2.35. The maximum Gasteiger partial charge on any atom is 0.323 e. The quantitative estimate of drug-likeness (QED) is 0.726. The number of carbonyl (C=O) groups is 1. The minimum atomic E-state index is -0.470. The molecule has 1 saturated carbocycles. The van der Waals surface area contributed by atoms with Crippen LogP contribution < -0.4 is 5.73 Å². The summed E-state index contributed by atoms with van der Waals surface area (Å²) in [6, 6.07) is -0.470. The number of methoxy groups -OCH3 is 1. The third kappa shape index (κ3) is 3.17. The van der Waals surface area contributed by atoms with Gasteiger partial charge in [0.2, 0.25) is 0 Å². The molecule has 0 amide bonds. The largest absolute Gasteiger partial charge is 0.468 e. The van der Waals surface area contributed by atoms with E-state index in [1.165, 1.54) is 32.8 Å². The number of rotatable bonds is 4.